The number of halogens is 1. The van der Waals surface area contributed by atoms with E-state index in [0.717, 1.165) is 37.6 Å². The molecule has 1 saturated heterocycles. The molecule has 0 amide bonds. The first-order chi connectivity index (χ1) is 12.2. The molecular weight excluding hydrogens is 319 g/mol. The average Bonchev–Trinajstić information content (AvgIpc) is 2.64. The zero-order valence-electron chi connectivity index (χ0n) is 14.5. The maximum Gasteiger partial charge on any atom is 0.176 e. The van der Waals surface area contributed by atoms with Crippen LogP contribution >= 0.6 is 0 Å². The van der Waals surface area contributed by atoms with Gasteiger partial charge in [-0.1, -0.05) is 12.1 Å². The second kappa shape index (κ2) is 8.12. The van der Waals surface area contributed by atoms with Gasteiger partial charge in [-0.3, -0.25) is 9.69 Å². The highest BCUT2D eigenvalue weighted by molar-refractivity contribution is 5.97. The van der Waals surface area contributed by atoms with Gasteiger partial charge in [-0.15, -0.1) is 0 Å². The molecule has 0 atom stereocenters. The van der Waals surface area contributed by atoms with Crippen LogP contribution in [-0.2, 0) is 0 Å². The summed E-state index contributed by atoms with van der Waals surface area (Å²) in [7, 11) is 0. The SMILES string of the molecule is CCOc1ccccc1N1CCN(CC(=O)c2ccc(F)cc2)CC1. The van der Waals surface area contributed by atoms with Crippen molar-refractivity contribution in [2.24, 2.45) is 0 Å². The van der Waals surface area contributed by atoms with Gasteiger partial charge in [0.2, 0.25) is 0 Å². The molecule has 2 aromatic rings. The predicted molar refractivity (Wildman–Crippen MR) is 97.0 cm³/mol. The van der Waals surface area contributed by atoms with Crippen molar-refractivity contribution >= 4 is 11.5 Å². The molecule has 0 aromatic heterocycles. The van der Waals surface area contributed by atoms with E-state index in [2.05, 4.69) is 15.9 Å². The van der Waals surface area contributed by atoms with E-state index in [1.165, 1.54) is 12.1 Å². The number of Topliss-reactive ketones (excluding diaryl/α,β-unsaturated/α-hetero) is 1. The molecule has 132 valence electrons. The van der Waals surface area contributed by atoms with Gasteiger partial charge in [-0.25, -0.2) is 4.39 Å². The highest BCUT2D eigenvalue weighted by Gasteiger charge is 2.21. The lowest BCUT2D eigenvalue weighted by Crippen LogP contribution is -2.48. The fourth-order valence-electron chi connectivity index (χ4n) is 3.07. The zero-order valence-corrected chi connectivity index (χ0v) is 14.5. The number of ketones is 1. The second-order valence-electron chi connectivity index (χ2n) is 6.09. The summed E-state index contributed by atoms with van der Waals surface area (Å²) in [5.74, 6) is 0.613. The maximum atomic E-state index is 13.0. The summed E-state index contributed by atoms with van der Waals surface area (Å²) in [5, 5.41) is 0. The summed E-state index contributed by atoms with van der Waals surface area (Å²) in [6, 6.07) is 13.8. The minimum atomic E-state index is -0.321. The Morgan fingerprint density at radius 1 is 1.04 bits per heavy atom. The van der Waals surface area contributed by atoms with E-state index in [-0.39, 0.29) is 11.6 Å². The number of carbonyl (C=O) groups excluding carboxylic acids is 1. The van der Waals surface area contributed by atoms with Crippen molar-refractivity contribution in [3.63, 3.8) is 0 Å². The second-order valence-corrected chi connectivity index (χ2v) is 6.09. The van der Waals surface area contributed by atoms with Crippen LogP contribution in [0.4, 0.5) is 10.1 Å². The van der Waals surface area contributed by atoms with Gasteiger partial charge in [0.25, 0.3) is 0 Å². The summed E-state index contributed by atoms with van der Waals surface area (Å²) >= 11 is 0. The van der Waals surface area contributed by atoms with E-state index in [1.807, 2.05) is 25.1 Å². The summed E-state index contributed by atoms with van der Waals surface area (Å²) in [6.07, 6.45) is 0. The van der Waals surface area contributed by atoms with Crippen LogP contribution in [0.5, 0.6) is 5.75 Å². The number of hydrogen-bond donors (Lipinski definition) is 0. The zero-order chi connectivity index (χ0) is 17.6. The molecule has 0 spiro atoms. The lowest BCUT2D eigenvalue weighted by Gasteiger charge is -2.36. The van der Waals surface area contributed by atoms with Crippen molar-refractivity contribution in [2.75, 3.05) is 44.2 Å². The Bertz CT molecular complexity index is 710. The number of para-hydroxylation sites is 2. The van der Waals surface area contributed by atoms with Crippen molar-refractivity contribution in [1.82, 2.24) is 4.90 Å². The first kappa shape index (κ1) is 17.4. The number of rotatable bonds is 6. The Morgan fingerprint density at radius 3 is 2.40 bits per heavy atom. The highest BCUT2D eigenvalue weighted by atomic mass is 19.1. The first-order valence-electron chi connectivity index (χ1n) is 8.65. The maximum absolute atomic E-state index is 13.0. The lowest BCUT2D eigenvalue weighted by molar-refractivity contribution is 0.0926. The number of ether oxygens (including phenoxy) is 1. The molecule has 3 rings (SSSR count). The van der Waals surface area contributed by atoms with E-state index in [4.69, 9.17) is 4.74 Å². The molecule has 0 unspecified atom stereocenters. The van der Waals surface area contributed by atoms with Gasteiger partial charge in [-0.05, 0) is 43.3 Å². The third kappa shape index (κ3) is 4.37. The summed E-state index contributed by atoms with van der Waals surface area (Å²) in [4.78, 5) is 16.8. The van der Waals surface area contributed by atoms with Crippen molar-refractivity contribution in [3.05, 3.63) is 59.9 Å². The van der Waals surface area contributed by atoms with E-state index in [1.54, 1.807) is 12.1 Å². The average molecular weight is 342 g/mol. The van der Waals surface area contributed by atoms with Gasteiger partial charge in [0, 0.05) is 31.7 Å². The van der Waals surface area contributed by atoms with Gasteiger partial charge in [0.05, 0.1) is 18.8 Å². The van der Waals surface area contributed by atoms with Crippen molar-refractivity contribution < 1.29 is 13.9 Å². The Labute approximate surface area is 147 Å². The Hall–Kier alpha value is -2.40. The van der Waals surface area contributed by atoms with Crippen molar-refractivity contribution in [3.8, 4) is 5.75 Å². The van der Waals surface area contributed by atoms with Crippen LogP contribution < -0.4 is 9.64 Å². The quantitative estimate of drug-likeness (QED) is 0.755. The number of benzene rings is 2. The Kier molecular flexibility index (Phi) is 5.66. The van der Waals surface area contributed by atoms with Crippen LogP contribution in [0.15, 0.2) is 48.5 Å². The minimum absolute atomic E-state index is 0.0307. The standard InChI is InChI=1S/C20H23FN2O2/c1-2-25-20-6-4-3-5-18(20)23-13-11-22(12-14-23)15-19(24)16-7-9-17(21)10-8-16/h3-10H,2,11-15H2,1H3. The third-order valence-electron chi connectivity index (χ3n) is 4.41. The normalized spacial score (nSPS) is 15.2. The molecular formula is C20H23FN2O2. The van der Waals surface area contributed by atoms with E-state index in [9.17, 15) is 9.18 Å². The first-order valence-corrected chi connectivity index (χ1v) is 8.65. The van der Waals surface area contributed by atoms with Crippen LogP contribution in [-0.4, -0.2) is 50.0 Å². The predicted octanol–water partition coefficient (Wildman–Crippen LogP) is 3.23. The highest BCUT2D eigenvalue weighted by Crippen LogP contribution is 2.28. The number of nitrogens with zero attached hydrogens (tertiary/aromatic N) is 2. The number of carbonyl (C=O) groups is 1. The molecule has 1 fully saturated rings. The fraction of sp³-hybridized carbons (Fsp3) is 0.350. The summed E-state index contributed by atoms with van der Waals surface area (Å²) in [5.41, 5.74) is 1.67. The summed E-state index contributed by atoms with van der Waals surface area (Å²) in [6.45, 7) is 6.31. The molecule has 5 heteroatoms. The fourth-order valence-corrected chi connectivity index (χ4v) is 3.07. The van der Waals surface area contributed by atoms with Crippen LogP contribution in [0.2, 0.25) is 0 Å². The lowest BCUT2D eigenvalue weighted by atomic mass is 10.1. The Balaban J connectivity index is 1.57. The number of anilines is 1. The van der Waals surface area contributed by atoms with Gasteiger partial charge in [0.1, 0.15) is 11.6 Å². The van der Waals surface area contributed by atoms with Crippen molar-refractivity contribution in [2.45, 2.75) is 6.92 Å². The van der Waals surface area contributed by atoms with Crippen LogP contribution in [0.3, 0.4) is 0 Å². The molecule has 25 heavy (non-hydrogen) atoms. The number of piperazine rings is 1. The van der Waals surface area contributed by atoms with Crippen molar-refractivity contribution in [1.29, 1.82) is 0 Å². The Morgan fingerprint density at radius 2 is 1.72 bits per heavy atom. The number of hydrogen-bond acceptors (Lipinski definition) is 4. The van der Waals surface area contributed by atoms with E-state index < -0.39 is 0 Å². The van der Waals surface area contributed by atoms with E-state index >= 15 is 0 Å². The molecule has 0 aliphatic carbocycles. The largest absolute Gasteiger partial charge is 0.492 e. The van der Waals surface area contributed by atoms with Crippen LogP contribution in [0.25, 0.3) is 0 Å². The molecule has 1 aliphatic rings. The van der Waals surface area contributed by atoms with Gasteiger partial charge < -0.3 is 9.64 Å². The minimum Gasteiger partial charge on any atom is -0.492 e. The molecule has 0 N–H and O–H groups in total. The monoisotopic (exact) mass is 342 g/mol. The van der Waals surface area contributed by atoms with Gasteiger partial charge in [0.15, 0.2) is 5.78 Å². The smallest absolute Gasteiger partial charge is 0.176 e. The molecule has 0 bridgehead atoms. The molecule has 4 nitrogen and oxygen atoms in total. The molecule has 1 heterocycles. The van der Waals surface area contributed by atoms with Gasteiger partial charge in [-0.2, -0.15) is 0 Å². The summed E-state index contributed by atoms with van der Waals surface area (Å²) < 4.78 is 18.7. The van der Waals surface area contributed by atoms with Crippen LogP contribution in [0.1, 0.15) is 17.3 Å². The third-order valence-corrected chi connectivity index (χ3v) is 4.41. The van der Waals surface area contributed by atoms with Gasteiger partial charge >= 0.3 is 0 Å². The molecule has 2 aromatic carbocycles. The topological polar surface area (TPSA) is 32.8 Å². The molecule has 0 radical (unpaired) electrons. The van der Waals surface area contributed by atoms with E-state index in [0.29, 0.717) is 18.7 Å². The van der Waals surface area contributed by atoms with Crippen LogP contribution in [0, 0.1) is 5.82 Å². The molecule has 1 aliphatic heterocycles. The molecule has 0 saturated carbocycles.